The molecule has 1 saturated heterocycles. The van der Waals surface area contributed by atoms with Crippen LogP contribution in [0.3, 0.4) is 0 Å². The highest BCUT2D eigenvalue weighted by molar-refractivity contribution is 5.79. The first kappa shape index (κ1) is 12.8. The molecule has 0 saturated carbocycles. The van der Waals surface area contributed by atoms with Crippen molar-refractivity contribution < 1.29 is 4.79 Å². The molecule has 104 valence electrons. The molecule has 0 spiro atoms. The number of amides is 1. The van der Waals surface area contributed by atoms with Crippen molar-refractivity contribution >= 4 is 5.91 Å². The van der Waals surface area contributed by atoms with E-state index in [1.807, 2.05) is 24.3 Å². The van der Waals surface area contributed by atoms with E-state index in [4.69, 9.17) is 0 Å². The summed E-state index contributed by atoms with van der Waals surface area (Å²) in [6.07, 6.45) is 4.08. The lowest BCUT2D eigenvalue weighted by Crippen LogP contribution is -2.31. The molecule has 2 heterocycles. The van der Waals surface area contributed by atoms with E-state index in [1.54, 1.807) is 11.0 Å². The molecular formula is C14H17N5O. The molecule has 2 aromatic rings. The number of carbonyl (C=O) groups excluding carboxylic acids is 1. The number of nitrogens with one attached hydrogen (secondary N) is 2. The molecule has 1 fully saturated rings. The molecule has 1 atom stereocenters. The van der Waals surface area contributed by atoms with Gasteiger partial charge in [0.15, 0.2) is 0 Å². The van der Waals surface area contributed by atoms with Crippen molar-refractivity contribution in [3.63, 3.8) is 0 Å². The van der Waals surface area contributed by atoms with E-state index >= 15 is 0 Å². The van der Waals surface area contributed by atoms with Crippen LogP contribution in [-0.2, 0) is 11.3 Å². The molecule has 0 aliphatic carbocycles. The minimum absolute atomic E-state index is 0.105. The lowest BCUT2D eigenvalue weighted by atomic mass is 10.1. The van der Waals surface area contributed by atoms with Crippen molar-refractivity contribution in [2.24, 2.45) is 5.92 Å². The quantitative estimate of drug-likeness (QED) is 0.849. The molecule has 1 aromatic heterocycles. The monoisotopic (exact) mass is 271 g/mol. The highest BCUT2D eigenvalue weighted by Crippen LogP contribution is 2.10. The molecule has 6 heteroatoms. The second-order valence-corrected chi connectivity index (χ2v) is 4.92. The molecule has 1 unspecified atom stereocenters. The molecule has 3 rings (SSSR count). The molecule has 6 nitrogen and oxygen atoms in total. The zero-order valence-electron chi connectivity index (χ0n) is 11.1. The number of hydrogen-bond donors (Lipinski definition) is 2. The zero-order valence-corrected chi connectivity index (χ0v) is 11.1. The Balaban J connectivity index is 1.63. The fraction of sp³-hybridized carbons (Fsp3) is 0.357. The van der Waals surface area contributed by atoms with Gasteiger partial charge in [-0.15, -0.1) is 0 Å². The Labute approximate surface area is 117 Å². The topological polar surface area (TPSA) is 71.8 Å². The van der Waals surface area contributed by atoms with Gasteiger partial charge in [0.25, 0.3) is 0 Å². The van der Waals surface area contributed by atoms with Gasteiger partial charge < -0.3 is 10.6 Å². The largest absolute Gasteiger partial charge is 0.352 e. The van der Waals surface area contributed by atoms with Gasteiger partial charge in [-0.3, -0.25) is 4.79 Å². The summed E-state index contributed by atoms with van der Waals surface area (Å²) < 4.78 is 1.70. The van der Waals surface area contributed by atoms with Crippen molar-refractivity contribution in [2.75, 3.05) is 13.1 Å². The maximum absolute atomic E-state index is 12.0. The first-order chi connectivity index (χ1) is 9.83. The average molecular weight is 271 g/mol. The first-order valence-electron chi connectivity index (χ1n) is 6.75. The van der Waals surface area contributed by atoms with Gasteiger partial charge >= 0.3 is 0 Å². The summed E-state index contributed by atoms with van der Waals surface area (Å²) in [5.74, 6) is 0.231. The summed E-state index contributed by atoms with van der Waals surface area (Å²) in [5.41, 5.74) is 1.99. The van der Waals surface area contributed by atoms with E-state index in [0.29, 0.717) is 6.54 Å². The van der Waals surface area contributed by atoms with Crippen molar-refractivity contribution in [3.8, 4) is 5.69 Å². The molecule has 20 heavy (non-hydrogen) atoms. The van der Waals surface area contributed by atoms with Crippen LogP contribution in [0.25, 0.3) is 5.69 Å². The van der Waals surface area contributed by atoms with Crippen LogP contribution in [0.2, 0.25) is 0 Å². The van der Waals surface area contributed by atoms with Crippen LogP contribution in [0.1, 0.15) is 12.0 Å². The highest BCUT2D eigenvalue weighted by atomic mass is 16.1. The second-order valence-electron chi connectivity index (χ2n) is 4.92. The minimum Gasteiger partial charge on any atom is -0.352 e. The summed E-state index contributed by atoms with van der Waals surface area (Å²) in [6, 6.07) is 7.91. The summed E-state index contributed by atoms with van der Waals surface area (Å²) in [7, 11) is 0. The summed E-state index contributed by atoms with van der Waals surface area (Å²) >= 11 is 0. The van der Waals surface area contributed by atoms with E-state index in [-0.39, 0.29) is 11.8 Å². The van der Waals surface area contributed by atoms with Crippen LogP contribution in [0.4, 0.5) is 0 Å². The van der Waals surface area contributed by atoms with Crippen LogP contribution in [-0.4, -0.2) is 33.8 Å². The van der Waals surface area contributed by atoms with Gasteiger partial charge in [-0.2, -0.15) is 5.10 Å². The highest BCUT2D eigenvalue weighted by Gasteiger charge is 2.21. The lowest BCUT2D eigenvalue weighted by molar-refractivity contribution is -0.124. The van der Waals surface area contributed by atoms with E-state index in [1.165, 1.54) is 6.33 Å². The predicted molar refractivity (Wildman–Crippen MR) is 74.2 cm³/mol. The lowest BCUT2D eigenvalue weighted by Gasteiger charge is -2.10. The Morgan fingerprint density at radius 3 is 3.20 bits per heavy atom. The van der Waals surface area contributed by atoms with Crippen LogP contribution in [0.5, 0.6) is 0 Å². The Kier molecular flexibility index (Phi) is 3.73. The van der Waals surface area contributed by atoms with Gasteiger partial charge in [-0.25, -0.2) is 9.67 Å². The van der Waals surface area contributed by atoms with Gasteiger partial charge in [0.05, 0.1) is 11.6 Å². The average Bonchev–Trinajstić information content (AvgIpc) is 3.17. The smallest absolute Gasteiger partial charge is 0.224 e. The van der Waals surface area contributed by atoms with Crippen molar-refractivity contribution in [2.45, 2.75) is 13.0 Å². The predicted octanol–water partition coefficient (Wildman–Crippen LogP) is 0.493. The molecule has 0 radical (unpaired) electrons. The number of hydrogen-bond acceptors (Lipinski definition) is 4. The molecular weight excluding hydrogens is 254 g/mol. The van der Waals surface area contributed by atoms with Crippen LogP contribution < -0.4 is 10.6 Å². The number of benzene rings is 1. The Bertz CT molecular complexity index is 575. The van der Waals surface area contributed by atoms with E-state index in [0.717, 1.165) is 30.8 Å². The zero-order chi connectivity index (χ0) is 13.8. The maximum atomic E-state index is 12.0. The van der Waals surface area contributed by atoms with Gasteiger partial charge in [-0.05, 0) is 30.7 Å². The van der Waals surface area contributed by atoms with Crippen LogP contribution in [0.15, 0.2) is 36.9 Å². The van der Waals surface area contributed by atoms with E-state index in [9.17, 15) is 4.79 Å². The van der Waals surface area contributed by atoms with Crippen molar-refractivity contribution in [1.29, 1.82) is 0 Å². The Morgan fingerprint density at radius 2 is 2.45 bits per heavy atom. The normalized spacial score (nSPS) is 18.1. The van der Waals surface area contributed by atoms with Gasteiger partial charge in [0.2, 0.25) is 5.91 Å². The second kappa shape index (κ2) is 5.83. The minimum atomic E-state index is 0.105. The number of carbonyl (C=O) groups is 1. The number of aromatic nitrogens is 3. The van der Waals surface area contributed by atoms with Gasteiger partial charge in [-0.1, -0.05) is 12.1 Å². The Morgan fingerprint density at radius 1 is 1.50 bits per heavy atom. The summed E-state index contributed by atoms with van der Waals surface area (Å²) in [6.45, 7) is 2.25. The number of rotatable bonds is 4. The summed E-state index contributed by atoms with van der Waals surface area (Å²) in [5, 5.41) is 10.3. The third-order valence-electron chi connectivity index (χ3n) is 3.49. The maximum Gasteiger partial charge on any atom is 0.224 e. The molecule has 0 bridgehead atoms. The third kappa shape index (κ3) is 2.85. The van der Waals surface area contributed by atoms with Crippen molar-refractivity contribution in [3.05, 3.63) is 42.5 Å². The van der Waals surface area contributed by atoms with E-state index in [2.05, 4.69) is 20.7 Å². The van der Waals surface area contributed by atoms with E-state index < -0.39 is 0 Å². The first-order valence-corrected chi connectivity index (χ1v) is 6.75. The summed E-state index contributed by atoms with van der Waals surface area (Å²) in [4.78, 5) is 15.9. The SMILES string of the molecule is O=C(NCc1cccc(-n2cncn2)c1)C1CCNC1. The van der Waals surface area contributed by atoms with Crippen LogP contribution >= 0.6 is 0 Å². The fourth-order valence-corrected chi connectivity index (χ4v) is 2.36. The van der Waals surface area contributed by atoms with Gasteiger partial charge in [0.1, 0.15) is 12.7 Å². The molecule has 1 amide bonds. The molecule has 1 aromatic carbocycles. The standard InChI is InChI=1S/C14H17N5O/c20-14(12-4-5-15-8-12)17-7-11-2-1-3-13(6-11)19-10-16-9-18-19/h1-3,6,9-10,12,15H,4-5,7-8H2,(H,17,20). The van der Waals surface area contributed by atoms with Crippen molar-refractivity contribution in [1.82, 2.24) is 25.4 Å². The van der Waals surface area contributed by atoms with Gasteiger partial charge in [0, 0.05) is 13.1 Å². The third-order valence-corrected chi connectivity index (χ3v) is 3.49. The van der Waals surface area contributed by atoms with Crippen LogP contribution in [0, 0.1) is 5.92 Å². The molecule has 1 aliphatic rings. The molecule has 2 N–H and O–H groups in total. The molecule has 1 aliphatic heterocycles. The Hall–Kier alpha value is -2.21. The number of nitrogens with zero attached hydrogens (tertiary/aromatic N) is 3. The fourth-order valence-electron chi connectivity index (χ4n) is 2.36.